The molecule has 3 rings (SSSR count). The molecule has 0 unspecified atom stereocenters. The van der Waals surface area contributed by atoms with Crippen molar-refractivity contribution >= 4 is 28.7 Å². The Morgan fingerprint density at radius 3 is 2.38 bits per heavy atom. The zero-order valence-corrected chi connectivity index (χ0v) is 13.3. The molecule has 0 spiro atoms. The van der Waals surface area contributed by atoms with Crippen molar-refractivity contribution in [2.45, 2.75) is 34.2 Å². The van der Waals surface area contributed by atoms with E-state index >= 15 is 0 Å². The van der Waals surface area contributed by atoms with E-state index in [-0.39, 0.29) is 0 Å². The van der Waals surface area contributed by atoms with Gasteiger partial charge in [-0.05, 0) is 38.8 Å². The highest BCUT2D eigenvalue weighted by atomic mass is 32.1. The minimum Gasteiger partial charge on any atom is -0.298 e. The molecule has 4 nitrogen and oxygen atoms in total. The van der Waals surface area contributed by atoms with E-state index in [2.05, 4.69) is 4.98 Å². The van der Waals surface area contributed by atoms with Gasteiger partial charge in [0.1, 0.15) is 5.01 Å². The van der Waals surface area contributed by atoms with E-state index in [4.69, 9.17) is 0 Å². The lowest BCUT2D eigenvalue weighted by Crippen LogP contribution is -2.29. The number of anilines is 1. The van der Waals surface area contributed by atoms with Gasteiger partial charge in [-0.15, -0.1) is 11.3 Å². The Kier molecular flexibility index (Phi) is 3.17. The van der Waals surface area contributed by atoms with Crippen molar-refractivity contribution in [1.29, 1.82) is 0 Å². The van der Waals surface area contributed by atoms with Gasteiger partial charge in [-0.25, -0.2) is 4.98 Å². The summed E-state index contributed by atoms with van der Waals surface area (Å²) in [6.45, 7) is 8.12. The zero-order chi connectivity index (χ0) is 15.3. The summed E-state index contributed by atoms with van der Waals surface area (Å²) in [5, 5.41) is 0.861. The lowest BCUT2D eigenvalue weighted by Gasteiger charge is -2.17. The minimum atomic E-state index is -0.451. The summed E-state index contributed by atoms with van der Waals surface area (Å²) in [6, 6.07) is 3.84. The first-order valence-corrected chi connectivity index (χ1v) is 7.61. The maximum absolute atomic E-state index is 12.3. The topological polar surface area (TPSA) is 50.3 Å². The predicted molar refractivity (Wildman–Crippen MR) is 83.0 cm³/mol. The summed E-state index contributed by atoms with van der Waals surface area (Å²) in [5.41, 5.74) is 4.07. The van der Waals surface area contributed by atoms with E-state index in [0.717, 1.165) is 32.4 Å². The fourth-order valence-electron chi connectivity index (χ4n) is 2.65. The highest BCUT2D eigenvalue weighted by molar-refractivity contribution is 7.11. The number of hydrogen-bond acceptors (Lipinski definition) is 4. The van der Waals surface area contributed by atoms with Gasteiger partial charge in [-0.3, -0.25) is 14.5 Å². The number of ketones is 1. The molecule has 0 fully saturated rings. The second kappa shape index (κ2) is 4.77. The van der Waals surface area contributed by atoms with E-state index in [1.807, 2.05) is 39.8 Å². The molecule has 0 saturated carbocycles. The summed E-state index contributed by atoms with van der Waals surface area (Å²) < 4.78 is 0. The number of rotatable bonds is 2. The van der Waals surface area contributed by atoms with Crippen molar-refractivity contribution in [3.63, 3.8) is 0 Å². The van der Waals surface area contributed by atoms with Gasteiger partial charge in [0.25, 0.3) is 11.7 Å². The number of fused-ring (bicyclic) bond motifs is 1. The van der Waals surface area contributed by atoms with E-state index in [1.165, 1.54) is 0 Å². The third-order valence-corrected chi connectivity index (χ3v) is 4.95. The lowest BCUT2D eigenvalue weighted by atomic mass is 10.0. The van der Waals surface area contributed by atoms with Gasteiger partial charge in [0.05, 0.1) is 23.5 Å². The van der Waals surface area contributed by atoms with Gasteiger partial charge in [0, 0.05) is 4.88 Å². The molecule has 108 valence electrons. The molecule has 0 bridgehead atoms. The fraction of sp³-hybridized carbons (Fsp3) is 0.312. The van der Waals surface area contributed by atoms with Gasteiger partial charge < -0.3 is 0 Å². The van der Waals surface area contributed by atoms with Crippen molar-refractivity contribution in [1.82, 2.24) is 4.98 Å². The lowest BCUT2D eigenvalue weighted by molar-refractivity contribution is -0.114. The molecule has 5 heteroatoms. The molecule has 2 aromatic rings. The van der Waals surface area contributed by atoms with Crippen LogP contribution in [0, 0.1) is 27.7 Å². The van der Waals surface area contributed by atoms with Crippen LogP contribution >= 0.6 is 11.3 Å². The molecule has 1 amide bonds. The van der Waals surface area contributed by atoms with E-state index in [1.54, 1.807) is 16.2 Å². The molecular weight excluding hydrogens is 284 g/mol. The number of carbonyl (C=O) groups is 2. The van der Waals surface area contributed by atoms with E-state index in [0.29, 0.717) is 12.1 Å². The minimum absolute atomic E-state index is 0.362. The molecular formula is C16H16N2O2S. The Morgan fingerprint density at radius 1 is 1.10 bits per heavy atom. The fourth-order valence-corrected chi connectivity index (χ4v) is 3.58. The van der Waals surface area contributed by atoms with E-state index in [9.17, 15) is 9.59 Å². The second-order valence-corrected chi connectivity index (χ2v) is 6.68. The number of thiazole rings is 1. The molecule has 2 heterocycles. The van der Waals surface area contributed by atoms with Crippen molar-refractivity contribution in [3.05, 3.63) is 44.4 Å². The number of Topliss-reactive ketones (excluding diaryl/α,β-unsaturated/α-hetero) is 1. The normalized spacial score (nSPS) is 14.0. The molecule has 0 saturated heterocycles. The maximum Gasteiger partial charge on any atom is 0.299 e. The first kappa shape index (κ1) is 13.9. The average molecular weight is 300 g/mol. The summed E-state index contributed by atoms with van der Waals surface area (Å²) in [6.07, 6.45) is 0. The van der Waals surface area contributed by atoms with Crippen LogP contribution in [0.25, 0.3) is 0 Å². The van der Waals surface area contributed by atoms with Gasteiger partial charge >= 0.3 is 0 Å². The Hall–Kier alpha value is -2.01. The van der Waals surface area contributed by atoms with Crippen LogP contribution < -0.4 is 4.90 Å². The molecule has 1 aromatic heterocycles. The van der Waals surface area contributed by atoms with Crippen LogP contribution in [-0.2, 0) is 11.3 Å². The quantitative estimate of drug-likeness (QED) is 0.801. The van der Waals surface area contributed by atoms with Crippen LogP contribution in [-0.4, -0.2) is 16.7 Å². The average Bonchev–Trinajstić information content (AvgIpc) is 2.87. The predicted octanol–water partition coefficient (Wildman–Crippen LogP) is 3.11. The van der Waals surface area contributed by atoms with E-state index < -0.39 is 11.7 Å². The van der Waals surface area contributed by atoms with Crippen LogP contribution in [0.5, 0.6) is 0 Å². The van der Waals surface area contributed by atoms with Gasteiger partial charge in [0.15, 0.2) is 0 Å². The third kappa shape index (κ3) is 2.08. The number of aromatic nitrogens is 1. The summed E-state index contributed by atoms with van der Waals surface area (Å²) in [4.78, 5) is 31.7. The Labute approximate surface area is 127 Å². The van der Waals surface area contributed by atoms with Crippen LogP contribution in [0.15, 0.2) is 12.1 Å². The molecule has 0 aliphatic carbocycles. The Bertz CT molecular complexity index is 757. The molecule has 1 aliphatic rings. The highest BCUT2D eigenvalue weighted by Gasteiger charge is 2.38. The number of carbonyl (C=O) groups excluding carboxylic acids is 2. The SMILES string of the molecule is Cc1ccc(C)c2c1C(=O)C(=O)N2Cc1nc(C)c(C)s1. The van der Waals surface area contributed by atoms with Crippen LogP contribution in [0.1, 0.15) is 37.1 Å². The summed E-state index contributed by atoms with van der Waals surface area (Å²) in [7, 11) is 0. The third-order valence-electron chi connectivity index (χ3n) is 3.89. The molecule has 1 aromatic carbocycles. The number of hydrogen-bond donors (Lipinski definition) is 0. The summed E-state index contributed by atoms with van der Waals surface area (Å²) >= 11 is 1.57. The molecule has 0 radical (unpaired) electrons. The largest absolute Gasteiger partial charge is 0.299 e. The Morgan fingerprint density at radius 2 is 1.76 bits per heavy atom. The van der Waals surface area contributed by atoms with Crippen molar-refractivity contribution < 1.29 is 9.59 Å². The first-order valence-electron chi connectivity index (χ1n) is 6.79. The molecule has 21 heavy (non-hydrogen) atoms. The van der Waals surface area contributed by atoms with Crippen LogP contribution in [0.2, 0.25) is 0 Å². The number of benzene rings is 1. The van der Waals surface area contributed by atoms with Crippen molar-refractivity contribution in [3.8, 4) is 0 Å². The van der Waals surface area contributed by atoms with Crippen LogP contribution in [0.4, 0.5) is 5.69 Å². The molecule has 1 aliphatic heterocycles. The number of nitrogens with zero attached hydrogens (tertiary/aromatic N) is 2. The molecule has 0 atom stereocenters. The standard InChI is InChI=1S/C16H16N2O2S/c1-8-5-6-9(2)14-13(8)15(19)16(20)18(14)7-12-17-10(3)11(4)21-12/h5-6H,7H2,1-4H3. The van der Waals surface area contributed by atoms with Crippen LogP contribution in [0.3, 0.4) is 0 Å². The van der Waals surface area contributed by atoms with Crippen molar-refractivity contribution in [2.24, 2.45) is 0 Å². The van der Waals surface area contributed by atoms with Gasteiger partial charge in [0.2, 0.25) is 0 Å². The monoisotopic (exact) mass is 300 g/mol. The van der Waals surface area contributed by atoms with Crippen molar-refractivity contribution in [2.75, 3.05) is 4.90 Å². The first-order chi connectivity index (χ1) is 9.90. The summed E-state index contributed by atoms with van der Waals surface area (Å²) in [5.74, 6) is -0.857. The number of amides is 1. The highest BCUT2D eigenvalue weighted by Crippen LogP contribution is 2.36. The zero-order valence-electron chi connectivity index (χ0n) is 12.5. The number of aryl methyl sites for hydroxylation is 4. The van der Waals surface area contributed by atoms with Gasteiger partial charge in [-0.2, -0.15) is 0 Å². The Balaban J connectivity index is 2.07. The maximum atomic E-state index is 12.3. The smallest absolute Gasteiger partial charge is 0.298 e. The second-order valence-electron chi connectivity index (χ2n) is 5.39. The van der Waals surface area contributed by atoms with Gasteiger partial charge in [-0.1, -0.05) is 12.1 Å². The molecule has 0 N–H and O–H groups in total.